The average Bonchev–Trinajstić information content (AvgIpc) is 3.29. The van der Waals surface area contributed by atoms with Crippen molar-refractivity contribution in [3.63, 3.8) is 0 Å². The number of nitrogens with zero attached hydrogens (tertiary/aromatic N) is 1. The SMILES string of the molecule is N[C@@H](C(=O)N1CC[C@H]1C(=O)NCc1ccccc1)C1CC1. The first-order valence-electron chi connectivity index (χ1n) is 7.54. The highest BCUT2D eigenvalue weighted by molar-refractivity contribution is 5.91. The zero-order valence-electron chi connectivity index (χ0n) is 12.0. The molecule has 21 heavy (non-hydrogen) atoms. The maximum absolute atomic E-state index is 12.2. The van der Waals surface area contributed by atoms with Gasteiger partial charge in [0, 0.05) is 13.1 Å². The van der Waals surface area contributed by atoms with Gasteiger partial charge in [0.1, 0.15) is 6.04 Å². The van der Waals surface area contributed by atoms with Crippen LogP contribution in [0.15, 0.2) is 30.3 Å². The van der Waals surface area contributed by atoms with Crippen LogP contribution in [0.2, 0.25) is 0 Å². The number of nitrogens with one attached hydrogen (secondary N) is 1. The monoisotopic (exact) mass is 287 g/mol. The molecule has 0 bridgehead atoms. The molecule has 0 radical (unpaired) electrons. The lowest BCUT2D eigenvalue weighted by atomic mass is 9.99. The van der Waals surface area contributed by atoms with Gasteiger partial charge in [-0.1, -0.05) is 30.3 Å². The van der Waals surface area contributed by atoms with Crippen LogP contribution in [0.3, 0.4) is 0 Å². The largest absolute Gasteiger partial charge is 0.350 e. The van der Waals surface area contributed by atoms with Gasteiger partial charge < -0.3 is 16.0 Å². The van der Waals surface area contributed by atoms with Gasteiger partial charge >= 0.3 is 0 Å². The Kier molecular flexibility index (Phi) is 3.92. The van der Waals surface area contributed by atoms with Gasteiger partial charge in [-0.05, 0) is 30.7 Å². The third kappa shape index (κ3) is 3.08. The van der Waals surface area contributed by atoms with Crippen LogP contribution < -0.4 is 11.1 Å². The maximum Gasteiger partial charge on any atom is 0.243 e. The van der Waals surface area contributed by atoms with E-state index in [1.807, 2.05) is 30.3 Å². The maximum atomic E-state index is 12.2. The fraction of sp³-hybridized carbons (Fsp3) is 0.500. The van der Waals surface area contributed by atoms with Crippen LogP contribution in [0.5, 0.6) is 0 Å². The van der Waals surface area contributed by atoms with E-state index >= 15 is 0 Å². The standard InChI is InChI=1S/C16H21N3O2/c17-14(12-6-7-12)16(21)19-9-8-13(19)15(20)18-10-11-4-2-1-3-5-11/h1-5,12-14H,6-10,17H2,(H,18,20)/t13-,14+/m0/s1. The van der Waals surface area contributed by atoms with E-state index < -0.39 is 6.04 Å². The summed E-state index contributed by atoms with van der Waals surface area (Å²) in [4.78, 5) is 26.0. The molecule has 0 unspecified atom stereocenters. The lowest BCUT2D eigenvalue weighted by Gasteiger charge is -2.41. The van der Waals surface area contributed by atoms with Crippen molar-refractivity contribution in [2.45, 2.75) is 37.9 Å². The lowest BCUT2D eigenvalue weighted by Crippen LogP contribution is -2.61. The summed E-state index contributed by atoms with van der Waals surface area (Å²) in [6, 6.07) is 8.99. The van der Waals surface area contributed by atoms with Crippen molar-refractivity contribution in [2.24, 2.45) is 11.7 Å². The Labute approximate surface area is 124 Å². The highest BCUT2D eigenvalue weighted by Crippen LogP contribution is 2.33. The molecule has 2 fully saturated rings. The summed E-state index contributed by atoms with van der Waals surface area (Å²) in [6.45, 7) is 1.13. The van der Waals surface area contributed by atoms with E-state index in [4.69, 9.17) is 5.73 Å². The van der Waals surface area contributed by atoms with E-state index in [9.17, 15) is 9.59 Å². The van der Waals surface area contributed by atoms with Crippen LogP contribution >= 0.6 is 0 Å². The van der Waals surface area contributed by atoms with Crippen molar-refractivity contribution in [3.8, 4) is 0 Å². The average molecular weight is 287 g/mol. The molecule has 3 N–H and O–H groups in total. The molecule has 1 aromatic carbocycles. The number of hydrogen-bond donors (Lipinski definition) is 2. The van der Waals surface area contributed by atoms with Gasteiger partial charge in [-0.15, -0.1) is 0 Å². The van der Waals surface area contributed by atoms with Crippen molar-refractivity contribution in [1.82, 2.24) is 10.2 Å². The number of nitrogens with two attached hydrogens (primary N) is 1. The number of carbonyl (C=O) groups excluding carboxylic acids is 2. The third-order valence-electron chi connectivity index (χ3n) is 4.33. The number of hydrogen-bond acceptors (Lipinski definition) is 3. The highest BCUT2D eigenvalue weighted by atomic mass is 16.2. The predicted molar refractivity (Wildman–Crippen MR) is 79.1 cm³/mol. The first kappa shape index (κ1) is 14.1. The molecule has 2 amide bonds. The second-order valence-electron chi connectivity index (χ2n) is 5.90. The highest BCUT2D eigenvalue weighted by Gasteiger charge is 2.43. The van der Waals surface area contributed by atoms with Crippen LogP contribution in [0.1, 0.15) is 24.8 Å². The molecule has 1 aliphatic heterocycles. The van der Waals surface area contributed by atoms with Gasteiger partial charge in [0.2, 0.25) is 11.8 Å². The Balaban J connectivity index is 1.51. The van der Waals surface area contributed by atoms with Crippen molar-refractivity contribution >= 4 is 11.8 Å². The van der Waals surface area contributed by atoms with Crippen LogP contribution in [-0.2, 0) is 16.1 Å². The Morgan fingerprint density at radius 2 is 1.95 bits per heavy atom. The van der Waals surface area contributed by atoms with Crippen molar-refractivity contribution in [2.75, 3.05) is 6.54 Å². The summed E-state index contributed by atoms with van der Waals surface area (Å²) in [5.41, 5.74) is 6.99. The number of likely N-dealkylation sites (tertiary alicyclic amines) is 1. The molecule has 1 heterocycles. The first-order chi connectivity index (χ1) is 10.2. The third-order valence-corrected chi connectivity index (χ3v) is 4.33. The molecule has 1 aliphatic carbocycles. The van der Waals surface area contributed by atoms with E-state index in [1.54, 1.807) is 4.90 Å². The smallest absolute Gasteiger partial charge is 0.243 e. The molecule has 3 rings (SSSR count). The predicted octanol–water partition coefficient (Wildman–Crippen LogP) is 0.641. The van der Waals surface area contributed by atoms with Gasteiger partial charge in [-0.3, -0.25) is 9.59 Å². The van der Waals surface area contributed by atoms with Crippen molar-refractivity contribution in [1.29, 1.82) is 0 Å². The summed E-state index contributed by atoms with van der Waals surface area (Å²) < 4.78 is 0. The van der Waals surface area contributed by atoms with Gasteiger partial charge in [0.05, 0.1) is 6.04 Å². The first-order valence-corrected chi connectivity index (χ1v) is 7.54. The zero-order chi connectivity index (χ0) is 14.8. The van der Waals surface area contributed by atoms with E-state index in [1.165, 1.54) is 0 Å². The van der Waals surface area contributed by atoms with Crippen LogP contribution in [0.4, 0.5) is 0 Å². The molecule has 0 aromatic heterocycles. The molecule has 1 saturated carbocycles. The molecule has 2 aliphatic rings. The Morgan fingerprint density at radius 1 is 1.24 bits per heavy atom. The summed E-state index contributed by atoms with van der Waals surface area (Å²) in [6.07, 6.45) is 2.79. The molecule has 2 atom stereocenters. The summed E-state index contributed by atoms with van der Waals surface area (Å²) in [5.74, 6) is 0.177. The summed E-state index contributed by atoms with van der Waals surface area (Å²) in [5, 5.41) is 2.90. The molecule has 1 saturated heterocycles. The van der Waals surface area contributed by atoms with E-state index in [2.05, 4.69) is 5.32 Å². The summed E-state index contributed by atoms with van der Waals surface area (Å²) >= 11 is 0. The Morgan fingerprint density at radius 3 is 2.52 bits per heavy atom. The number of amides is 2. The quantitative estimate of drug-likeness (QED) is 0.834. The molecular weight excluding hydrogens is 266 g/mol. The minimum atomic E-state index is -0.422. The Hall–Kier alpha value is -1.88. The van der Waals surface area contributed by atoms with Gasteiger partial charge in [0.25, 0.3) is 0 Å². The second kappa shape index (κ2) is 5.85. The fourth-order valence-electron chi connectivity index (χ4n) is 2.68. The fourth-order valence-corrected chi connectivity index (χ4v) is 2.68. The molecule has 112 valence electrons. The van der Waals surface area contributed by atoms with E-state index in [0.717, 1.165) is 24.8 Å². The lowest BCUT2D eigenvalue weighted by molar-refractivity contribution is -0.148. The molecular formula is C16H21N3O2. The number of rotatable bonds is 5. The second-order valence-corrected chi connectivity index (χ2v) is 5.90. The minimum absolute atomic E-state index is 0.0661. The molecule has 0 spiro atoms. The minimum Gasteiger partial charge on any atom is -0.350 e. The van der Waals surface area contributed by atoms with Gasteiger partial charge in [-0.2, -0.15) is 0 Å². The van der Waals surface area contributed by atoms with Crippen LogP contribution in [0.25, 0.3) is 0 Å². The molecule has 1 aromatic rings. The van der Waals surface area contributed by atoms with Gasteiger partial charge in [0.15, 0.2) is 0 Å². The topological polar surface area (TPSA) is 75.4 Å². The number of carbonyl (C=O) groups is 2. The normalized spacial score (nSPS) is 22.3. The van der Waals surface area contributed by atoms with Crippen LogP contribution in [-0.4, -0.2) is 35.3 Å². The summed E-state index contributed by atoms with van der Waals surface area (Å²) in [7, 11) is 0. The zero-order valence-corrected chi connectivity index (χ0v) is 12.0. The van der Waals surface area contributed by atoms with Gasteiger partial charge in [-0.25, -0.2) is 0 Å². The van der Waals surface area contributed by atoms with Crippen LogP contribution in [0, 0.1) is 5.92 Å². The number of benzene rings is 1. The van der Waals surface area contributed by atoms with Crippen molar-refractivity contribution < 1.29 is 9.59 Å². The molecule has 5 heteroatoms. The van der Waals surface area contributed by atoms with E-state index in [-0.39, 0.29) is 17.9 Å². The van der Waals surface area contributed by atoms with E-state index in [0.29, 0.717) is 19.0 Å². The molecule has 5 nitrogen and oxygen atoms in total. The van der Waals surface area contributed by atoms with Crippen molar-refractivity contribution in [3.05, 3.63) is 35.9 Å². The Bertz CT molecular complexity index is 528.